The van der Waals surface area contributed by atoms with Gasteiger partial charge >= 0.3 is 0 Å². The second-order valence-electron chi connectivity index (χ2n) is 6.55. The molecule has 0 N–H and O–H groups in total. The van der Waals surface area contributed by atoms with Gasteiger partial charge in [0.15, 0.2) is 4.96 Å². The maximum absolute atomic E-state index is 13.3. The van der Waals surface area contributed by atoms with Crippen LogP contribution in [-0.4, -0.2) is 58.9 Å². The summed E-state index contributed by atoms with van der Waals surface area (Å²) in [5.74, 6) is -0.130. The average Bonchev–Trinajstić information content (AvgIpc) is 3.26. The Morgan fingerprint density at radius 3 is 2.52 bits per heavy atom. The molecule has 27 heavy (non-hydrogen) atoms. The number of rotatable bonds is 5. The van der Waals surface area contributed by atoms with Crippen molar-refractivity contribution in [2.45, 2.75) is 13.5 Å². The van der Waals surface area contributed by atoms with Gasteiger partial charge in [0, 0.05) is 49.9 Å². The Bertz CT molecular complexity index is 1040. The molecule has 0 atom stereocenters. The summed E-state index contributed by atoms with van der Waals surface area (Å²) in [4.78, 5) is 7.88. The highest BCUT2D eigenvalue weighted by Crippen LogP contribution is 2.28. The standard InChI is InChI=1S/C18H21FN4O2S2/c1-2-27(24,25)22-9-7-21(8-10-22)13-16-17(14-3-5-15(19)6-4-14)20-18-23(16)11-12-26-18/h3-6,11-12H,2,7-10,13H2,1H3. The minimum Gasteiger partial charge on any atom is -0.295 e. The van der Waals surface area contributed by atoms with Gasteiger partial charge in [-0.15, -0.1) is 11.3 Å². The molecule has 1 aromatic carbocycles. The number of imidazole rings is 1. The predicted molar refractivity (Wildman–Crippen MR) is 105 cm³/mol. The zero-order chi connectivity index (χ0) is 19.0. The van der Waals surface area contributed by atoms with Crippen LogP contribution in [0.1, 0.15) is 12.6 Å². The summed E-state index contributed by atoms with van der Waals surface area (Å²) in [5, 5.41) is 1.99. The molecule has 0 spiro atoms. The number of nitrogens with zero attached hydrogens (tertiary/aromatic N) is 4. The second kappa shape index (κ2) is 7.31. The molecule has 0 unspecified atom stereocenters. The van der Waals surface area contributed by atoms with Gasteiger partial charge in [0.05, 0.1) is 17.1 Å². The monoisotopic (exact) mass is 408 g/mol. The van der Waals surface area contributed by atoms with E-state index in [9.17, 15) is 12.8 Å². The predicted octanol–water partition coefficient (Wildman–Crippen LogP) is 2.67. The molecule has 0 amide bonds. The van der Waals surface area contributed by atoms with Gasteiger partial charge < -0.3 is 0 Å². The quantitative estimate of drug-likeness (QED) is 0.651. The lowest BCUT2D eigenvalue weighted by molar-refractivity contribution is 0.180. The van der Waals surface area contributed by atoms with Crippen LogP contribution in [0, 0.1) is 5.82 Å². The lowest BCUT2D eigenvalue weighted by Crippen LogP contribution is -2.48. The van der Waals surface area contributed by atoms with E-state index in [4.69, 9.17) is 4.98 Å². The second-order valence-corrected chi connectivity index (χ2v) is 9.68. The molecule has 1 saturated heterocycles. The fourth-order valence-corrected chi connectivity index (χ4v) is 5.20. The Morgan fingerprint density at radius 1 is 1.15 bits per heavy atom. The van der Waals surface area contributed by atoms with E-state index in [1.807, 2.05) is 11.6 Å². The van der Waals surface area contributed by atoms with Gasteiger partial charge in [0.2, 0.25) is 10.0 Å². The van der Waals surface area contributed by atoms with E-state index in [0.29, 0.717) is 32.7 Å². The summed E-state index contributed by atoms with van der Waals surface area (Å²) in [7, 11) is -3.13. The molecule has 1 aliphatic heterocycles. The van der Waals surface area contributed by atoms with Crippen molar-refractivity contribution in [3.05, 3.63) is 47.4 Å². The molecule has 6 nitrogen and oxygen atoms in total. The van der Waals surface area contributed by atoms with Crippen molar-refractivity contribution in [1.29, 1.82) is 0 Å². The molecule has 144 valence electrons. The van der Waals surface area contributed by atoms with Crippen molar-refractivity contribution >= 4 is 26.3 Å². The SMILES string of the molecule is CCS(=O)(=O)N1CCN(Cc2c(-c3ccc(F)cc3)nc3sccn23)CC1. The van der Waals surface area contributed by atoms with E-state index in [1.54, 1.807) is 34.7 Å². The number of hydrogen-bond donors (Lipinski definition) is 0. The first-order valence-corrected chi connectivity index (χ1v) is 11.4. The molecule has 0 bridgehead atoms. The Kier molecular flexibility index (Phi) is 5.02. The van der Waals surface area contributed by atoms with E-state index >= 15 is 0 Å². The number of fused-ring (bicyclic) bond motifs is 1. The van der Waals surface area contributed by atoms with Gasteiger partial charge in [0.25, 0.3) is 0 Å². The molecule has 2 aromatic heterocycles. The Morgan fingerprint density at radius 2 is 1.85 bits per heavy atom. The topological polar surface area (TPSA) is 57.9 Å². The fourth-order valence-electron chi connectivity index (χ4n) is 3.38. The largest absolute Gasteiger partial charge is 0.295 e. The highest BCUT2D eigenvalue weighted by atomic mass is 32.2. The number of thiazole rings is 1. The van der Waals surface area contributed by atoms with Crippen LogP contribution in [0.15, 0.2) is 35.8 Å². The van der Waals surface area contributed by atoms with Gasteiger partial charge in [0.1, 0.15) is 5.82 Å². The van der Waals surface area contributed by atoms with Crippen molar-refractivity contribution < 1.29 is 12.8 Å². The molecule has 0 radical (unpaired) electrons. The summed E-state index contributed by atoms with van der Waals surface area (Å²) in [6.45, 7) is 4.72. The van der Waals surface area contributed by atoms with Crippen LogP contribution in [0.4, 0.5) is 4.39 Å². The summed E-state index contributed by atoms with van der Waals surface area (Å²) >= 11 is 1.56. The maximum Gasteiger partial charge on any atom is 0.213 e. The van der Waals surface area contributed by atoms with Gasteiger partial charge in [-0.2, -0.15) is 4.31 Å². The van der Waals surface area contributed by atoms with E-state index in [0.717, 1.165) is 21.9 Å². The third-order valence-corrected chi connectivity index (χ3v) is 7.58. The molecule has 3 heterocycles. The van der Waals surface area contributed by atoms with Crippen molar-refractivity contribution in [3.63, 3.8) is 0 Å². The Hall–Kier alpha value is -1.81. The highest BCUT2D eigenvalue weighted by Gasteiger charge is 2.27. The van der Waals surface area contributed by atoms with Crippen molar-refractivity contribution in [1.82, 2.24) is 18.6 Å². The number of piperazine rings is 1. The van der Waals surface area contributed by atoms with Crippen LogP contribution in [0.5, 0.6) is 0 Å². The van der Waals surface area contributed by atoms with E-state index in [2.05, 4.69) is 9.30 Å². The van der Waals surface area contributed by atoms with Crippen molar-refractivity contribution in [2.24, 2.45) is 0 Å². The first kappa shape index (κ1) is 18.5. The van der Waals surface area contributed by atoms with Gasteiger partial charge in [-0.25, -0.2) is 17.8 Å². The van der Waals surface area contributed by atoms with Crippen LogP contribution < -0.4 is 0 Å². The first-order chi connectivity index (χ1) is 13.0. The lowest BCUT2D eigenvalue weighted by Gasteiger charge is -2.33. The van der Waals surface area contributed by atoms with Gasteiger partial charge in [-0.3, -0.25) is 9.30 Å². The molecule has 3 aromatic rings. The molecule has 0 saturated carbocycles. The number of hydrogen-bond acceptors (Lipinski definition) is 5. The average molecular weight is 409 g/mol. The molecule has 9 heteroatoms. The number of aromatic nitrogens is 2. The zero-order valence-corrected chi connectivity index (χ0v) is 16.6. The molecule has 1 aliphatic rings. The number of halogens is 1. The van der Waals surface area contributed by atoms with Crippen LogP contribution in [-0.2, 0) is 16.6 Å². The molecule has 0 aliphatic carbocycles. The highest BCUT2D eigenvalue weighted by molar-refractivity contribution is 7.89. The first-order valence-electron chi connectivity index (χ1n) is 8.88. The summed E-state index contributed by atoms with van der Waals surface area (Å²) in [5.41, 5.74) is 2.78. The van der Waals surface area contributed by atoms with Crippen molar-refractivity contribution in [3.8, 4) is 11.3 Å². The van der Waals surface area contributed by atoms with E-state index in [1.165, 1.54) is 12.1 Å². The normalized spacial score (nSPS) is 17.0. The fraction of sp³-hybridized carbons (Fsp3) is 0.389. The molecular formula is C18H21FN4O2S2. The van der Waals surface area contributed by atoms with Crippen LogP contribution in [0.25, 0.3) is 16.2 Å². The maximum atomic E-state index is 13.3. The molecular weight excluding hydrogens is 387 g/mol. The van der Waals surface area contributed by atoms with E-state index < -0.39 is 10.0 Å². The summed E-state index contributed by atoms with van der Waals surface area (Å²) in [6, 6.07) is 6.38. The number of sulfonamides is 1. The van der Waals surface area contributed by atoms with Crippen LogP contribution in [0.2, 0.25) is 0 Å². The minimum absolute atomic E-state index is 0.139. The third kappa shape index (κ3) is 3.64. The Balaban J connectivity index is 1.58. The zero-order valence-electron chi connectivity index (χ0n) is 15.0. The Labute approximate surface area is 161 Å². The summed E-state index contributed by atoms with van der Waals surface area (Å²) in [6.07, 6.45) is 1.99. The van der Waals surface area contributed by atoms with Crippen LogP contribution in [0.3, 0.4) is 0 Å². The van der Waals surface area contributed by atoms with Crippen LogP contribution >= 0.6 is 11.3 Å². The van der Waals surface area contributed by atoms with Gasteiger partial charge in [-0.05, 0) is 31.2 Å². The lowest BCUT2D eigenvalue weighted by atomic mass is 10.1. The van der Waals surface area contributed by atoms with E-state index in [-0.39, 0.29) is 11.6 Å². The third-order valence-electron chi connectivity index (χ3n) is 4.94. The molecule has 4 rings (SSSR count). The smallest absolute Gasteiger partial charge is 0.213 e. The summed E-state index contributed by atoms with van der Waals surface area (Å²) < 4.78 is 41.0. The van der Waals surface area contributed by atoms with Gasteiger partial charge in [-0.1, -0.05) is 0 Å². The minimum atomic E-state index is -3.13. The van der Waals surface area contributed by atoms with Crippen molar-refractivity contribution in [2.75, 3.05) is 31.9 Å². The number of benzene rings is 1. The molecule has 1 fully saturated rings.